The maximum Gasteiger partial charge on any atom is 0.236 e. The van der Waals surface area contributed by atoms with Crippen molar-refractivity contribution < 1.29 is 0 Å². The molecule has 0 spiro atoms. The summed E-state index contributed by atoms with van der Waals surface area (Å²) in [5, 5.41) is 2.35. The highest BCUT2D eigenvalue weighted by atomic mass is 15.2. The Hall–Kier alpha value is -4.91. The molecule has 0 N–H and O–H groups in total. The normalized spacial score (nSPS) is 13.9. The lowest BCUT2D eigenvalue weighted by atomic mass is 9.86. The van der Waals surface area contributed by atoms with Crippen molar-refractivity contribution in [1.29, 1.82) is 0 Å². The Morgan fingerprint density at radius 2 is 1.46 bits per heavy atom. The molecular formula is C30H21N7. The Labute approximate surface area is 212 Å². The maximum atomic E-state index is 5.15. The molecule has 7 heteroatoms. The molecule has 176 valence electrons. The fraction of sp³-hybridized carbons (Fsp3) is 0.100. The van der Waals surface area contributed by atoms with Crippen molar-refractivity contribution >= 4 is 32.8 Å². The molecule has 5 heterocycles. The van der Waals surface area contributed by atoms with Crippen LogP contribution in [0.4, 0.5) is 0 Å². The van der Waals surface area contributed by atoms with Gasteiger partial charge in [-0.05, 0) is 29.8 Å². The first-order valence-electron chi connectivity index (χ1n) is 12.3. The average Bonchev–Trinajstić information content (AvgIpc) is 3.54. The summed E-state index contributed by atoms with van der Waals surface area (Å²) in [6.45, 7) is 4.47. The topological polar surface area (TPSA) is 74.3 Å². The highest BCUT2D eigenvalue weighted by Crippen LogP contribution is 2.51. The number of hydrogen-bond donors (Lipinski definition) is 0. The largest absolute Gasteiger partial charge is 0.293 e. The molecule has 0 bridgehead atoms. The summed E-state index contributed by atoms with van der Waals surface area (Å²) in [6.07, 6.45) is 7.14. The number of rotatable bonds is 2. The first-order chi connectivity index (χ1) is 18.1. The number of nitrogens with zero attached hydrogens (tertiary/aromatic N) is 7. The lowest BCUT2D eigenvalue weighted by molar-refractivity contribution is 0.619. The van der Waals surface area contributed by atoms with Gasteiger partial charge in [0, 0.05) is 39.8 Å². The lowest BCUT2D eigenvalue weighted by Gasteiger charge is -2.23. The fourth-order valence-electron chi connectivity index (χ4n) is 6.02. The Balaban J connectivity index is 1.45. The quantitative estimate of drug-likeness (QED) is 0.304. The molecule has 0 saturated heterocycles. The molecule has 7 aromatic rings. The molecular weight excluding hydrogens is 458 g/mol. The number of pyridine rings is 1. The van der Waals surface area contributed by atoms with Crippen LogP contribution in [0.3, 0.4) is 0 Å². The van der Waals surface area contributed by atoms with Gasteiger partial charge in [-0.15, -0.1) is 0 Å². The Morgan fingerprint density at radius 1 is 0.703 bits per heavy atom. The molecule has 0 fully saturated rings. The first kappa shape index (κ1) is 20.3. The van der Waals surface area contributed by atoms with Crippen LogP contribution < -0.4 is 0 Å². The Morgan fingerprint density at radius 3 is 2.24 bits per heavy atom. The van der Waals surface area contributed by atoms with Crippen LogP contribution in [-0.2, 0) is 5.41 Å². The third-order valence-corrected chi connectivity index (χ3v) is 7.58. The van der Waals surface area contributed by atoms with E-state index in [0.29, 0.717) is 5.95 Å². The van der Waals surface area contributed by atoms with Crippen LogP contribution >= 0.6 is 0 Å². The fourth-order valence-corrected chi connectivity index (χ4v) is 6.02. The van der Waals surface area contributed by atoms with E-state index in [0.717, 1.165) is 44.8 Å². The maximum absolute atomic E-state index is 5.15. The van der Waals surface area contributed by atoms with Crippen molar-refractivity contribution in [2.45, 2.75) is 19.3 Å². The average molecular weight is 480 g/mol. The van der Waals surface area contributed by atoms with E-state index >= 15 is 0 Å². The minimum atomic E-state index is -0.294. The Bertz CT molecular complexity index is 1980. The molecule has 37 heavy (non-hydrogen) atoms. The van der Waals surface area contributed by atoms with Gasteiger partial charge in [-0.3, -0.25) is 14.1 Å². The molecule has 1 aliphatic rings. The smallest absolute Gasteiger partial charge is 0.236 e. The van der Waals surface area contributed by atoms with Crippen molar-refractivity contribution in [2.75, 3.05) is 0 Å². The molecule has 0 unspecified atom stereocenters. The Kier molecular flexibility index (Phi) is 3.88. The highest BCUT2D eigenvalue weighted by molar-refractivity contribution is 6.09. The minimum absolute atomic E-state index is 0.294. The predicted molar refractivity (Wildman–Crippen MR) is 144 cm³/mol. The number of fused-ring (bicyclic) bond motifs is 8. The second kappa shape index (κ2) is 7.07. The molecule has 1 aliphatic carbocycles. The zero-order valence-electron chi connectivity index (χ0n) is 20.3. The summed E-state index contributed by atoms with van der Waals surface area (Å²) in [5.74, 6) is 1.39. The van der Waals surface area contributed by atoms with E-state index in [1.807, 2.05) is 30.7 Å². The second-order valence-corrected chi connectivity index (χ2v) is 9.92. The number of aromatic nitrogens is 7. The minimum Gasteiger partial charge on any atom is -0.293 e. The summed E-state index contributed by atoms with van der Waals surface area (Å²) in [5.41, 5.74) is 7.97. The highest BCUT2D eigenvalue weighted by Gasteiger charge is 2.42. The SMILES string of the molecule is CC1(C)c2cccnc2-c2c1n(-c1ccnc(-n3c4ccccc4c4ccccc43)n1)c1cncnc21. The molecule has 5 aromatic heterocycles. The van der Waals surface area contributed by atoms with E-state index in [1.54, 1.807) is 6.33 Å². The van der Waals surface area contributed by atoms with Crippen LogP contribution in [0, 0.1) is 0 Å². The van der Waals surface area contributed by atoms with Gasteiger partial charge in [0.2, 0.25) is 5.95 Å². The molecule has 0 atom stereocenters. The van der Waals surface area contributed by atoms with Gasteiger partial charge in [-0.2, -0.15) is 4.98 Å². The van der Waals surface area contributed by atoms with Crippen molar-refractivity contribution in [1.82, 2.24) is 34.1 Å². The molecule has 2 aromatic carbocycles. The summed E-state index contributed by atoms with van der Waals surface area (Å²) < 4.78 is 4.32. The number of benzene rings is 2. The molecule has 0 saturated carbocycles. The van der Waals surface area contributed by atoms with E-state index in [2.05, 4.69) is 82.6 Å². The predicted octanol–water partition coefficient (Wildman–Crippen LogP) is 6.01. The summed E-state index contributed by atoms with van der Waals surface area (Å²) in [4.78, 5) is 23.7. The number of hydrogen-bond acceptors (Lipinski definition) is 5. The van der Waals surface area contributed by atoms with Gasteiger partial charge in [-0.25, -0.2) is 15.0 Å². The van der Waals surface area contributed by atoms with Crippen molar-refractivity contribution in [2.24, 2.45) is 0 Å². The molecule has 0 aliphatic heterocycles. The number of para-hydroxylation sites is 2. The van der Waals surface area contributed by atoms with Crippen molar-refractivity contribution in [3.05, 3.63) is 103 Å². The van der Waals surface area contributed by atoms with Gasteiger partial charge in [0.25, 0.3) is 0 Å². The second-order valence-electron chi connectivity index (χ2n) is 9.92. The van der Waals surface area contributed by atoms with Crippen molar-refractivity contribution in [3.8, 4) is 23.0 Å². The van der Waals surface area contributed by atoms with Gasteiger partial charge >= 0.3 is 0 Å². The summed E-state index contributed by atoms with van der Waals surface area (Å²) >= 11 is 0. The molecule has 0 radical (unpaired) electrons. The van der Waals surface area contributed by atoms with Crippen molar-refractivity contribution in [3.63, 3.8) is 0 Å². The van der Waals surface area contributed by atoms with Gasteiger partial charge in [0.05, 0.1) is 28.4 Å². The molecule has 0 amide bonds. The van der Waals surface area contributed by atoms with E-state index in [-0.39, 0.29) is 5.41 Å². The third kappa shape index (κ3) is 2.57. The van der Waals surface area contributed by atoms with Gasteiger partial charge in [0.15, 0.2) is 0 Å². The lowest BCUT2D eigenvalue weighted by Crippen LogP contribution is -2.20. The van der Waals surface area contributed by atoms with Crippen LogP contribution in [0.2, 0.25) is 0 Å². The van der Waals surface area contributed by atoms with Crippen LogP contribution in [0.1, 0.15) is 25.1 Å². The van der Waals surface area contributed by atoms with Crippen LogP contribution in [-0.4, -0.2) is 34.1 Å². The van der Waals surface area contributed by atoms with E-state index in [4.69, 9.17) is 19.9 Å². The molecule has 8 rings (SSSR count). The zero-order chi connectivity index (χ0) is 24.7. The summed E-state index contributed by atoms with van der Waals surface area (Å²) in [6, 6.07) is 22.9. The van der Waals surface area contributed by atoms with Gasteiger partial charge < -0.3 is 0 Å². The van der Waals surface area contributed by atoms with Crippen LogP contribution in [0.25, 0.3) is 55.9 Å². The molecule has 7 nitrogen and oxygen atoms in total. The zero-order valence-corrected chi connectivity index (χ0v) is 20.3. The van der Waals surface area contributed by atoms with Gasteiger partial charge in [-0.1, -0.05) is 56.3 Å². The third-order valence-electron chi connectivity index (χ3n) is 7.58. The monoisotopic (exact) mass is 479 g/mol. The van der Waals surface area contributed by atoms with Crippen LogP contribution in [0.15, 0.2) is 91.6 Å². The first-order valence-corrected chi connectivity index (χ1v) is 12.3. The summed E-state index contributed by atoms with van der Waals surface area (Å²) in [7, 11) is 0. The van der Waals surface area contributed by atoms with E-state index < -0.39 is 0 Å². The van der Waals surface area contributed by atoms with E-state index in [1.165, 1.54) is 16.3 Å². The van der Waals surface area contributed by atoms with Crippen LogP contribution in [0.5, 0.6) is 0 Å². The standard InChI is InChI=1S/C30H21N7/c1-30(2)20-10-7-14-32-26(20)25-27-23(16-31-17-34-27)37(28(25)30)24-13-15-33-29(35-24)36-21-11-5-3-8-18(21)19-9-4-6-12-22(19)36/h3-17H,1-2H3. The van der Waals surface area contributed by atoms with E-state index in [9.17, 15) is 0 Å². The van der Waals surface area contributed by atoms with Gasteiger partial charge in [0.1, 0.15) is 17.7 Å².